The standard InChI is InChI=1S/C18H21N3O3/c1-13(22)20-12-17(23)21-10-7-15(8-11-21)24-16-6-2-4-14-5-3-9-19-18(14)16/h2-6,9,15H,7-8,10-12H2,1H3,(H,20,22). The molecule has 0 atom stereocenters. The number of pyridine rings is 1. The van der Waals surface area contributed by atoms with E-state index in [1.807, 2.05) is 30.3 Å². The van der Waals surface area contributed by atoms with Crippen LogP contribution in [0, 0.1) is 0 Å². The summed E-state index contributed by atoms with van der Waals surface area (Å²) in [4.78, 5) is 29.1. The summed E-state index contributed by atoms with van der Waals surface area (Å²) in [5, 5.41) is 3.60. The SMILES string of the molecule is CC(=O)NCC(=O)N1CCC(Oc2cccc3cccnc23)CC1. The van der Waals surface area contributed by atoms with Crippen LogP contribution in [0.4, 0.5) is 0 Å². The molecule has 2 amide bonds. The Morgan fingerprint density at radius 2 is 2.00 bits per heavy atom. The van der Waals surface area contributed by atoms with Gasteiger partial charge in [0, 0.05) is 44.4 Å². The second-order valence-electron chi connectivity index (χ2n) is 5.94. The maximum atomic E-state index is 12.0. The van der Waals surface area contributed by atoms with Crippen LogP contribution in [0.5, 0.6) is 5.75 Å². The summed E-state index contributed by atoms with van der Waals surface area (Å²) in [5.74, 6) is 0.552. The van der Waals surface area contributed by atoms with Crippen molar-refractivity contribution in [2.24, 2.45) is 0 Å². The number of amides is 2. The highest BCUT2D eigenvalue weighted by Gasteiger charge is 2.24. The van der Waals surface area contributed by atoms with Gasteiger partial charge < -0.3 is 15.0 Å². The lowest BCUT2D eigenvalue weighted by atomic mass is 10.1. The first-order valence-electron chi connectivity index (χ1n) is 8.16. The number of piperidine rings is 1. The Kier molecular flexibility index (Phi) is 4.93. The van der Waals surface area contributed by atoms with Crippen LogP contribution in [-0.4, -0.2) is 47.4 Å². The molecule has 126 valence electrons. The number of para-hydroxylation sites is 1. The van der Waals surface area contributed by atoms with Gasteiger partial charge in [-0.3, -0.25) is 14.6 Å². The molecule has 1 aromatic heterocycles. The van der Waals surface area contributed by atoms with Gasteiger partial charge in [-0.05, 0) is 12.1 Å². The summed E-state index contributed by atoms with van der Waals surface area (Å²) in [6.07, 6.45) is 3.38. The van der Waals surface area contributed by atoms with E-state index in [0.29, 0.717) is 13.1 Å². The van der Waals surface area contributed by atoms with Crippen LogP contribution in [0.3, 0.4) is 0 Å². The number of rotatable bonds is 4. The number of carbonyl (C=O) groups excluding carboxylic acids is 2. The average Bonchev–Trinajstić information content (AvgIpc) is 2.60. The smallest absolute Gasteiger partial charge is 0.241 e. The maximum absolute atomic E-state index is 12.0. The number of hydrogen-bond donors (Lipinski definition) is 1. The first-order valence-corrected chi connectivity index (χ1v) is 8.16. The van der Waals surface area contributed by atoms with E-state index in [4.69, 9.17) is 4.74 Å². The molecule has 1 saturated heterocycles. The molecule has 0 bridgehead atoms. The zero-order chi connectivity index (χ0) is 16.9. The topological polar surface area (TPSA) is 71.5 Å². The fraction of sp³-hybridized carbons (Fsp3) is 0.389. The third kappa shape index (κ3) is 3.82. The highest BCUT2D eigenvalue weighted by Crippen LogP contribution is 2.26. The van der Waals surface area contributed by atoms with E-state index in [-0.39, 0.29) is 24.5 Å². The van der Waals surface area contributed by atoms with Crippen molar-refractivity contribution >= 4 is 22.7 Å². The quantitative estimate of drug-likeness (QED) is 0.928. The van der Waals surface area contributed by atoms with Crippen LogP contribution in [-0.2, 0) is 9.59 Å². The van der Waals surface area contributed by atoms with Crippen LogP contribution in [0.1, 0.15) is 19.8 Å². The molecular weight excluding hydrogens is 306 g/mol. The number of aromatic nitrogens is 1. The maximum Gasteiger partial charge on any atom is 0.241 e. The molecule has 0 spiro atoms. The van der Waals surface area contributed by atoms with Crippen molar-refractivity contribution in [2.75, 3.05) is 19.6 Å². The van der Waals surface area contributed by atoms with Crippen molar-refractivity contribution in [1.82, 2.24) is 15.2 Å². The van der Waals surface area contributed by atoms with Gasteiger partial charge in [0.2, 0.25) is 11.8 Å². The lowest BCUT2D eigenvalue weighted by Crippen LogP contribution is -2.45. The van der Waals surface area contributed by atoms with E-state index in [0.717, 1.165) is 29.5 Å². The fourth-order valence-electron chi connectivity index (χ4n) is 2.89. The Bertz CT molecular complexity index is 734. The Hall–Kier alpha value is -2.63. The Morgan fingerprint density at radius 3 is 2.75 bits per heavy atom. The molecule has 0 radical (unpaired) electrons. The number of hydrogen-bond acceptors (Lipinski definition) is 4. The van der Waals surface area contributed by atoms with Crippen molar-refractivity contribution in [3.8, 4) is 5.75 Å². The van der Waals surface area contributed by atoms with Gasteiger partial charge in [0.15, 0.2) is 0 Å². The monoisotopic (exact) mass is 327 g/mol. The van der Waals surface area contributed by atoms with Crippen LogP contribution in [0.15, 0.2) is 36.5 Å². The number of ether oxygens (including phenoxy) is 1. The highest BCUT2D eigenvalue weighted by molar-refractivity contribution is 5.84. The number of likely N-dealkylation sites (tertiary alicyclic amines) is 1. The molecule has 0 aliphatic carbocycles. The summed E-state index contributed by atoms with van der Waals surface area (Å²) < 4.78 is 6.12. The lowest BCUT2D eigenvalue weighted by molar-refractivity contribution is -0.134. The van der Waals surface area contributed by atoms with Crippen LogP contribution >= 0.6 is 0 Å². The molecule has 6 heteroatoms. The summed E-state index contributed by atoms with van der Waals surface area (Å²) >= 11 is 0. The van der Waals surface area contributed by atoms with E-state index < -0.39 is 0 Å². The van der Waals surface area contributed by atoms with Crippen molar-refractivity contribution in [3.05, 3.63) is 36.5 Å². The van der Waals surface area contributed by atoms with Gasteiger partial charge in [-0.15, -0.1) is 0 Å². The molecule has 24 heavy (non-hydrogen) atoms. The summed E-state index contributed by atoms with van der Waals surface area (Å²) in [6, 6.07) is 9.83. The molecule has 1 aliphatic heterocycles. The van der Waals surface area contributed by atoms with Crippen molar-refractivity contribution in [3.63, 3.8) is 0 Å². The molecule has 2 aromatic rings. The van der Waals surface area contributed by atoms with E-state index in [9.17, 15) is 9.59 Å². The first-order chi connectivity index (χ1) is 11.6. The lowest BCUT2D eigenvalue weighted by Gasteiger charge is -2.32. The van der Waals surface area contributed by atoms with Crippen LogP contribution < -0.4 is 10.1 Å². The first kappa shape index (κ1) is 16.2. The summed E-state index contributed by atoms with van der Waals surface area (Å²) in [6.45, 7) is 2.75. The third-order valence-electron chi connectivity index (χ3n) is 4.17. The molecular formula is C18H21N3O3. The van der Waals surface area contributed by atoms with Gasteiger partial charge in [0.25, 0.3) is 0 Å². The van der Waals surface area contributed by atoms with Gasteiger partial charge >= 0.3 is 0 Å². The fourth-order valence-corrected chi connectivity index (χ4v) is 2.89. The molecule has 1 aromatic carbocycles. The number of nitrogens with one attached hydrogen (secondary N) is 1. The van der Waals surface area contributed by atoms with Crippen molar-refractivity contribution < 1.29 is 14.3 Å². The molecule has 2 heterocycles. The minimum atomic E-state index is -0.190. The predicted octanol–water partition coefficient (Wildman–Crippen LogP) is 1.74. The van der Waals surface area contributed by atoms with E-state index in [2.05, 4.69) is 10.3 Å². The molecule has 0 unspecified atom stereocenters. The normalized spacial score (nSPS) is 15.3. The highest BCUT2D eigenvalue weighted by atomic mass is 16.5. The minimum absolute atomic E-state index is 0.0459. The van der Waals surface area contributed by atoms with Crippen molar-refractivity contribution in [1.29, 1.82) is 0 Å². The second-order valence-corrected chi connectivity index (χ2v) is 5.94. The zero-order valence-electron chi connectivity index (χ0n) is 13.7. The molecule has 0 saturated carbocycles. The Balaban J connectivity index is 1.57. The zero-order valence-corrected chi connectivity index (χ0v) is 13.7. The summed E-state index contributed by atoms with van der Waals surface area (Å²) in [7, 11) is 0. The number of nitrogens with zero attached hydrogens (tertiary/aromatic N) is 2. The van der Waals surface area contributed by atoms with Crippen molar-refractivity contribution in [2.45, 2.75) is 25.9 Å². The van der Waals surface area contributed by atoms with Gasteiger partial charge in [-0.1, -0.05) is 18.2 Å². The van der Waals surface area contributed by atoms with Crippen LogP contribution in [0.2, 0.25) is 0 Å². The van der Waals surface area contributed by atoms with E-state index >= 15 is 0 Å². The van der Waals surface area contributed by atoms with E-state index in [1.165, 1.54) is 6.92 Å². The summed E-state index contributed by atoms with van der Waals surface area (Å²) in [5.41, 5.74) is 0.865. The number of carbonyl (C=O) groups is 2. The molecule has 6 nitrogen and oxygen atoms in total. The van der Waals surface area contributed by atoms with Gasteiger partial charge in [0.05, 0.1) is 6.54 Å². The molecule has 1 N–H and O–H groups in total. The Labute approximate surface area is 140 Å². The minimum Gasteiger partial charge on any atom is -0.488 e. The number of benzene rings is 1. The average molecular weight is 327 g/mol. The largest absolute Gasteiger partial charge is 0.488 e. The third-order valence-corrected chi connectivity index (χ3v) is 4.17. The number of fused-ring (bicyclic) bond motifs is 1. The predicted molar refractivity (Wildman–Crippen MR) is 90.7 cm³/mol. The molecule has 3 rings (SSSR count). The van der Waals surface area contributed by atoms with Gasteiger partial charge in [-0.25, -0.2) is 0 Å². The van der Waals surface area contributed by atoms with Crippen LogP contribution in [0.25, 0.3) is 10.9 Å². The Morgan fingerprint density at radius 1 is 1.25 bits per heavy atom. The molecule has 1 fully saturated rings. The molecule has 1 aliphatic rings. The van der Waals surface area contributed by atoms with Gasteiger partial charge in [-0.2, -0.15) is 0 Å². The van der Waals surface area contributed by atoms with Gasteiger partial charge in [0.1, 0.15) is 17.4 Å². The van der Waals surface area contributed by atoms with E-state index in [1.54, 1.807) is 11.1 Å². The second kappa shape index (κ2) is 7.29.